The molecule has 3 aliphatic rings. The van der Waals surface area contributed by atoms with Crippen molar-refractivity contribution in [3.63, 3.8) is 0 Å². The molecule has 2 fully saturated rings. The van der Waals surface area contributed by atoms with Crippen LogP contribution in [-0.2, 0) is 11.3 Å². The van der Waals surface area contributed by atoms with E-state index in [0.717, 1.165) is 35.7 Å². The predicted molar refractivity (Wildman–Crippen MR) is 118 cm³/mol. The van der Waals surface area contributed by atoms with Gasteiger partial charge in [-0.25, -0.2) is 0 Å². The highest BCUT2D eigenvalue weighted by Crippen LogP contribution is 2.35. The summed E-state index contributed by atoms with van der Waals surface area (Å²) in [6.45, 7) is 2.93. The normalized spacial score (nSPS) is 22.3. The van der Waals surface area contributed by atoms with E-state index >= 15 is 0 Å². The Labute approximate surface area is 187 Å². The highest BCUT2D eigenvalue weighted by Gasteiger charge is 2.36. The Morgan fingerprint density at radius 2 is 1.81 bits per heavy atom. The van der Waals surface area contributed by atoms with E-state index in [2.05, 4.69) is 0 Å². The van der Waals surface area contributed by atoms with Gasteiger partial charge in [-0.3, -0.25) is 9.59 Å². The van der Waals surface area contributed by atoms with E-state index in [1.54, 1.807) is 7.11 Å². The molecule has 0 unspecified atom stereocenters. The molecule has 2 amide bonds. The molecule has 0 radical (unpaired) electrons. The summed E-state index contributed by atoms with van der Waals surface area (Å²) in [5.41, 5.74) is 1.72. The molecule has 2 saturated heterocycles. The molecule has 0 bridgehead atoms. The monoisotopic (exact) mass is 436 g/mol. The molecule has 3 heterocycles. The average Bonchev–Trinajstić information content (AvgIpc) is 3.23. The number of hydrogen-bond acceptors (Lipinski definition) is 5. The minimum Gasteiger partial charge on any atom is -0.497 e. The van der Waals surface area contributed by atoms with Gasteiger partial charge in [0.05, 0.1) is 7.11 Å². The van der Waals surface area contributed by atoms with E-state index in [4.69, 9.17) is 14.2 Å². The van der Waals surface area contributed by atoms with Crippen molar-refractivity contribution in [2.75, 3.05) is 33.5 Å². The van der Waals surface area contributed by atoms with Crippen LogP contribution in [0, 0.1) is 11.8 Å². The van der Waals surface area contributed by atoms with Gasteiger partial charge in [-0.05, 0) is 66.6 Å². The molecule has 0 aromatic heterocycles. The second-order valence-electron chi connectivity index (χ2n) is 8.78. The lowest BCUT2D eigenvalue weighted by molar-refractivity contribution is -0.132. The quantitative estimate of drug-likeness (QED) is 0.736. The minimum absolute atomic E-state index is 0.0545. The van der Waals surface area contributed by atoms with Crippen molar-refractivity contribution in [3.8, 4) is 17.2 Å². The lowest BCUT2D eigenvalue weighted by Crippen LogP contribution is -2.43. The van der Waals surface area contributed by atoms with E-state index in [-0.39, 0.29) is 18.6 Å². The van der Waals surface area contributed by atoms with Crippen LogP contribution in [0.1, 0.15) is 35.2 Å². The van der Waals surface area contributed by atoms with Crippen LogP contribution in [0.5, 0.6) is 17.2 Å². The van der Waals surface area contributed by atoms with Crippen LogP contribution in [0.3, 0.4) is 0 Å². The first-order chi connectivity index (χ1) is 15.6. The second-order valence-corrected chi connectivity index (χ2v) is 8.78. The molecule has 2 aromatic rings. The average molecular weight is 437 g/mol. The van der Waals surface area contributed by atoms with Crippen molar-refractivity contribution in [1.82, 2.24) is 9.80 Å². The molecular weight excluding hydrogens is 408 g/mol. The van der Waals surface area contributed by atoms with Crippen molar-refractivity contribution < 1.29 is 23.8 Å². The van der Waals surface area contributed by atoms with E-state index in [1.807, 2.05) is 52.3 Å². The minimum atomic E-state index is 0.0545. The number of ether oxygens (including phenoxy) is 3. The number of likely N-dealkylation sites (tertiary alicyclic amines) is 2. The Hall–Kier alpha value is -3.22. The Kier molecular flexibility index (Phi) is 5.64. The topological polar surface area (TPSA) is 68.3 Å². The maximum absolute atomic E-state index is 13.0. The summed E-state index contributed by atoms with van der Waals surface area (Å²) in [6.07, 6.45) is 2.34. The van der Waals surface area contributed by atoms with Crippen LogP contribution in [0.2, 0.25) is 0 Å². The largest absolute Gasteiger partial charge is 0.497 e. The maximum Gasteiger partial charge on any atom is 0.253 e. The maximum atomic E-state index is 13.0. The van der Waals surface area contributed by atoms with Crippen LogP contribution in [-0.4, -0.2) is 55.2 Å². The van der Waals surface area contributed by atoms with E-state index < -0.39 is 0 Å². The molecule has 0 N–H and O–H groups in total. The molecule has 0 aliphatic carbocycles. The fourth-order valence-electron chi connectivity index (χ4n) is 5.00. The molecule has 2 atom stereocenters. The number of methoxy groups -OCH3 is 1. The lowest BCUT2D eigenvalue weighted by Gasteiger charge is -2.37. The van der Waals surface area contributed by atoms with Gasteiger partial charge in [0, 0.05) is 38.2 Å². The third-order valence-corrected chi connectivity index (χ3v) is 6.89. The Morgan fingerprint density at radius 1 is 1.03 bits per heavy atom. The number of carbonyl (C=O) groups is 2. The molecular formula is C25H28N2O5. The Morgan fingerprint density at radius 3 is 2.62 bits per heavy atom. The first kappa shape index (κ1) is 20.7. The smallest absolute Gasteiger partial charge is 0.253 e. The van der Waals surface area contributed by atoms with Crippen LogP contribution in [0.4, 0.5) is 0 Å². The standard InChI is InChI=1S/C25H28N2O5/c1-30-21-5-3-18(4-6-21)25(29)27-11-8-19-13-24(28)26(10-9-20(19)15-27)14-17-2-7-22-23(12-17)32-16-31-22/h2-7,12,19-20H,8-11,13-16H2,1H3/t19-,20+/m1/s1. The number of amides is 2. The predicted octanol–water partition coefficient (Wildman–Crippen LogP) is 3.32. The van der Waals surface area contributed by atoms with Gasteiger partial charge in [0.2, 0.25) is 12.7 Å². The van der Waals surface area contributed by atoms with Crippen LogP contribution >= 0.6 is 0 Å². The van der Waals surface area contributed by atoms with Crippen molar-refractivity contribution >= 4 is 11.8 Å². The Bertz CT molecular complexity index is 1010. The number of rotatable bonds is 4. The third-order valence-electron chi connectivity index (χ3n) is 6.89. The summed E-state index contributed by atoms with van der Waals surface area (Å²) < 4.78 is 16.0. The number of benzene rings is 2. The number of hydrogen-bond donors (Lipinski definition) is 0. The fraction of sp³-hybridized carbons (Fsp3) is 0.440. The zero-order chi connectivity index (χ0) is 22.1. The third kappa shape index (κ3) is 4.11. The Balaban J connectivity index is 1.23. The summed E-state index contributed by atoms with van der Waals surface area (Å²) in [6, 6.07) is 13.1. The highest BCUT2D eigenvalue weighted by molar-refractivity contribution is 5.94. The summed E-state index contributed by atoms with van der Waals surface area (Å²) in [5.74, 6) is 3.17. The molecule has 32 heavy (non-hydrogen) atoms. The number of carbonyl (C=O) groups excluding carboxylic acids is 2. The van der Waals surface area contributed by atoms with Gasteiger partial charge < -0.3 is 24.0 Å². The zero-order valence-corrected chi connectivity index (χ0v) is 18.3. The molecule has 3 aliphatic heterocycles. The van der Waals surface area contributed by atoms with Gasteiger partial charge in [0.15, 0.2) is 11.5 Å². The summed E-state index contributed by atoms with van der Waals surface area (Å²) in [4.78, 5) is 29.9. The molecule has 0 spiro atoms. The lowest BCUT2D eigenvalue weighted by atomic mass is 9.82. The van der Waals surface area contributed by atoms with Crippen molar-refractivity contribution in [3.05, 3.63) is 53.6 Å². The first-order valence-corrected chi connectivity index (χ1v) is 11.2. The van der Waals surface area contributed by atoms with Crippen LogP contribution in [0.25, 0.3) is 0 Å². The summed E-state index contributed by atoms with van der Waals surface area (Å²) in [5, 5.41) is 0. The van der Waals surface area contributed by atoms with Crippen molar-refractivity contribution in [2.45, 2.75) is 25.8 Å². The van der Waals surface area contributed by atoms with Crippen molar-refractivity contribution in [1.29, 1.82) is 0 Å². The number of piperidine rings is 1. The van der Waals surface area contributed by atoms with E-state index in [9.17, 15) is 9.59 Å². The molecule has 5 rings (SSSR count). The first-order valence-electron chi connectivity index (χ1n) is 11.2. The number of fused-ring (bicyclic) bond motifs is 2. The van der Waals surface area contributed by atoms with E-state index in [1.165, 1.54) is 0 Å². The molecule has 0 saturated carbocycles. The summed E-state index contributed by atoms with van der Waals surface area (Å²) >= 11 is 0. The van der Waals surface area contributed by atoms with Crippen LogP contribution in [0.15, 0.2) is 42.5 Å². The highest BCUT2D eigenvalue weighted by atomic mass is 16.7. The SMILES string of the molecule is COc1ccc(C(=O)N2CC[C@@H]3CC(=O)N(Cc4ccc5c(c4)OCO5)CC[C@H]3C2)cc1. The van der Waals surface area contributed by atoms with Gasteiger partial charge in [-0.15, -0.1) is 0 Å². The van der Waals surface area contributed by atoms with Gasteiger partial charge >= 0.3 is 0 Å². The summed E-state index contributed by atoms with van der Waals surface area (Å²) in [7, 11) is 1.62. The zero-order valence-electron chi connectivity index (χ0n) is 18.3. The fourth-order valence-corrected chi connectivity index (χ4v) is 5.00. The molecule has 7 nitrogen and oxygen atoms in total. The second kappa shape index (κ2) is 8.73. The van der Waals surface area contributed by atoms with E-state index in [0.29, 0.717) is 50.0 Å². The van der Waals surface area contributed by atoms with Crippen LogP contribution < -0.4 is 14.2 Å². The van der Waals surface area contributed by atoms with Gasteiger partial charge in [0.25, 0.3) is 5.91 Å². The van der Waals surface area contributed by atoms with Gasteiger partial charge in [0.1, 0.15) is 5.75 Å². The molecule has 7 heteroatoms. The number of nitrogens with zero attached hydrogens (tertiary/aromatic N) is 2. The molecule has 168 valence electrons. The van der Waals surface area contributed by atoms with Gasteiger partial charge in [-0.2, -0.15) is 0 Å². The van der Waals surface area contributed by atoms with Gasteiger partial charge in [-0.1, -0.05) is 6.07 Å². The van der Waals surface area contributed by atoms with Crippen molar-refractivity contribution in [2.24, 2.45) is 11.8 Å². The molecule has 2 aromatic carbocycles.